The smallest absolute Gasteiger partial charge is 0.293 e. The molecular formula is C13H16Cl2N2O3. The number of anilines is 1. The molecule has 1 aromatic rings. The highest BCUT2D eigenvalue weighted by Crippen LogP contribution is 2.49. The second-order valence-corrected chi connectivity index (χ2v) is 5.95. The van der Waals surface area contributed by atoms with E-state index < -0.39 is 4.92 Å². The lowest BCUT2D eigenvalue weighted by Gasteiger charge is -2.16. The molecule has 1 aliphatic carbocycles. The van der Waals surface area contributed by atoms with Crippen LogP contribution in [0.4, 0.5) is 11.4 Å². The van der Waals surface area contributed by atoms with Gasteiger partial charge in [0.05, 0.1) is 15.0 Å². The Balaban J connectivity index is 2.09. The summed E-state index contributed by atoms with van der Waals surface area (Å²) in [7, 11) is 1.67. The molecule has 0 atom stereocenters. The number of hydrogen-bond donors (Lipinski definition) is 1. The standard InChI is InChI=1S/C13H16Cl2N2O3/c1-20-5-4-13(2-3-13)8-16-11-6-9(14)10(15)7-12(11)17(18)19/h6-7,16H,2-5,8H2,1H3. The first kappa shape index (κ1) is 15.4. The number of benzene rings is 1. The van der Waals surface area contributed by atoms with E-state index in [0.29, 0.717) is 23.9 Å². The van der Waals surface area contributed by atoms with Gasteiger partial charge >= 0.3 is 0 Å². The molecule has 0 bridgehead atoms. The van der Waals surface area contributed by atoms with Crippen molar-refractivity contribution in [3.63, 3.8) is 0 Å². The molecule has 20 heavy (non-hydrogen) atoms. The number of nitrogens with one attached hydrogen (secondary N) is 1. The zero-order chi connectivity index (χ0) is 14.8. The molecule has 0 heterocycles. The Hall–Kier alpha value is -1.04. The molecule has 0 aromatic heterocycles. The van der Waals surface area contributed by atoms with Crippen LogP contribution in [0.5, 0.6) is 0 Å². The maximum Gasteiger partial charge on any atom is 0.293 e. The number of halogens is 2. The highest BCUT2D eigenvalue weighted by Gasteiger charge is 2.42. The van der Waals surface area contributed by atoms with Gasteiger partial charge in [-0.25, -0.2) is 0 Å². The van der Waals surface area contributed by atoms with E-state index in [4.69, 9.17) is 27.9 Å². The highest BCUT2D eigenvalue weighted by atomic mass is 35.5. The number of hydrogen-bond acceptors (Lipinski definition) is 4. The minimum atomic E-state index is -0.459. The Labute approximate surface area is 127 Å². The van der Waals surface area contributed by atoms with Crippen LogP contribution in [0.15, 0.2) is 12.1 Å². The summed E-state index contributed by atoms with van der Waals surface area (Å²) < 4.78 is 5.09. The van der Waals surface area contributed by atoms with Crippen LogP contribution in [0.25, 0.3) is 0 Å². The Morgan fingerprint density at radius 1 is 1.40 bits per heavy atom. The Morgan fingerprint density at radius 2 is 2.05 bits per heavy atom. The third-order valence-electron chi connectivity index (χ3n) is 3.68. The number of nitro benzene ring substituents is 1. The maximum absolute atomic E-state index is 11.0. The quantitative estimate of drug-likeness (QED) is 0.606. The molecule has 0 unspecified atom stereocenters. The van der Waals surface area contributed by atoms with E-state index in [2.05, 4.69) is 5.32 Å². The molecule has 1 fully saturated rings. The fourth-order valence-corrected chi connectivity index (χ4v) is 2.44. The summed E-state index contributed by atoms with van der Waals surface area (Å²) in [4.78, 5) is 10.6. The summed E-state index contributed by atoms with van der Waals surface area (Å²) >= 11 is 11.7. The van der Waals surface area contributed by atoms with Gasteiger partial charge in [-0.05, 0) is 30.7 Å². The third-order valence-corrected chi connectivity index (χ3v) is 4.40. The number of nitrogens with zero attached hydrogens (tertiary/aromatic N) is 1. The van der Waals surface area contributed by atoms with Crippen molar-refractivity contribution in [3.05, 3.63) is 32.3 Å². The molecule has 7 heteroatoms. The van der Waals surface area contributed by atoms with Crippen molar-refractivity contribution >= 4 is 34.6 Å². The molecule has 5 nitrogen and oxygen atoms in total. The fourth-order valence-electron chi connectivity index (χ4n) is 2.12. The molecule has 0 spiro atoms. The van der Waals surface area contributed by atoms with E-state index in [0.717, 1.165) is 19.3 Å². The van der Waals surface area contributed by atoms with Gasteiger partial charge in [0.15, 0.2) is 0 Å². The second kappa shape index (κ2) is 6.16. The SMILES string of the molecule is COCCC1(CNc2cc(Cl)c(Cl)cc2[N+](=O)[O-])CC1. The predicted molar refractivity (Wildman–Crippen MR) is 79.8 cm³/mol. The number of rotatable bonds is 7. The fraction of sp³-hybridized carbons (Fsp3) is 0.538. The van der Waals surface area contributed by atoms with Gasteiger partial charge in [0.25, 0.3) is 5.69 Å². The van der Waals surface area contributed by atoms with Crippen molar-refractivity contribution in [1.82, 2.24) is 0 Å². The first-order chi connectivity index (χ1) is 9.47. The maximum atomic E-state index is 11.0. The molecule has 0 amide bonds. The molecule has 2 rings (SSSR count). The van der Waals surface area contributed by atoms with E-state index >= 15 is 0 Å². The molecule has 110 valence electrons. The van der Waals surface area contributed by atoms with Crippen molar-refractivity contribution in [2.24, 2.45) is 5.41 Å². The van der Waals surface area contributed by atoms with Crippen LogP contribution in [0, 0.1) is 15.5 Å². The summed E-state index contributed by atoms with van der Waals surface area (Å²) in [5, 5.41) is 14.7. The summed E-state index contributed by atoms with van der Waals surface area (Å²) in [6.45, 7) is 1.38. The lowest BCUT2D eigenvalue weighted by molar-refractivity contribution is -0.383. The first-order valence-electron chi connectivity index (χ1n) is 6.34. The number of nitro groups is 1. The van der Waals surface area contributed by atoms with Crippen LogP contribution in [0.1, 0.15) is 19.3 Å². The average molecular weight is 319 g/mol. The van der Waals surface area contributed by atoms with Crippen LogP contribution in [-0.4, -0.2) is 25.2 Å². The molecule has 1 saturated carbocycles. The minimum absolute atomic E-state index is 0.0538. The van der Waals surface area contributed by atoms with Crippen molar-refractivity contribution in [2.75, 3.05) is 25.6 Å². The zero-order valence-corrected chi connectivity index (χ0v) is 12.6. The minimum Gasteiger partial charge on any atom is -0.385 e. The average Bonchev–Trinajstić information content (AvgIpc) is 3.18. The van der Waals surface area contributed by atoms with Crippen molar-refractivity contribution in [2.45, 2.75) is 19.3 Å². The van der Waals surface area contributed by atoms with E-state index in [1.54, 1.807) is 7.11 Å². The molecule has 0 aliphatic heterocycles. The molecule has 0 saturated heterocycles. The van der Waals surface area contributed by atoms with Gasteiger partial charge in [0, 0.05) is 26.3 Å². The van der Waals surface area contributed by atoms with Gasteiger partial charge in [-0.1, -0.05) is 23.2 Å². The Bertz CT molecular complexity index is 519. The van der Waals surface area contributed by atoms with Crippen molar-refractivity contribution in [1.29, 1.82) is 0 Å². The Morgan fingerprint density at radius 3 is 2.60 bits per heavy atom. The van der Waals surface area contributed by atoms with Gasteiger partial charge in [-0.2, -0.15) is 0 Å². The van der Waals surface area contributed by atoms with Crippen LogP contribution in [-0.2, 0) is 4.74 Å². The number of methoxy groups -OCH3 is 1. The van der Waals surface area contributed by atoms with Crippen LogP contribution in [0.3, 0.4) is 0 Å². The van der Waals surface area contributed by atoms with Gasteiger partial charge in [0.1, 0.15) is 5.69 Å². The Kier molecular flexibility index (Phi) is 4.73. The van der Waals surface area contributed by atoms with Gasteiger partial charge in [-0.15, -0.1) is 0 Å². The monoisotopic (exact) mass is 318 g/mol. The molecule has 0 radical (unpaired) electrons. The zero-order valence-electron chi connectivity index (χ0n) is 11.1. The van der Waals surface area contributed by atoms with Gasteiger partial charge < -0.3 is 10.1 Å². The topological polar surface area (TPSA) is 64.4 Å². The van der Waals surface area contributed by atoms with Gasteiger partial charge in [0.2, 0.25) is 0 Å². The summed E-state index contributed by atoms with van der Waals surface area (Å²) in [6.07, 6.45) is 3.17. The molecule has 1 aliphatic rings. The first-order valence-corrected chi connectivity index (χ1v) is 7.09. The van der Waals surface area contributed by atoms with E-state index in [1.807, 2.05) is 0 Å². The summed E-state index contributed by atoms with van der Waals surface area (Å²) in [5.41, 5.74) is 0.547. The predicted octanol–water partition coefficient (Wildman–Crippen LogP) is 4.13. The van der Waals surface area contributed by atoms with E-state index in [1.165, 1.54) is 12.1 Å². The van der Waals surface area contributed by atoms with Crippen LogP contribution < -0.4 is 5.32 Å². The highest BCUT2D eigenvalue weighted by molar-refractivity contribution is 6.42. The lowest BCUT2D eigenvalue weighted by atomic mass is 10.0. The second-order valence-electron chi connectivity index (χ2n) is 5.14. The van der Waals surface area contributed by atoms with E-state index in [9.17, 15) is 10.1 Å². The molecule has 1 aromatic carbocycles. The molecular weight excluding hydrogens is 303 g/mol. The largest absolute Gasteiger partial charge is 0.385 e. The summed E-state index contributed by atoms with van der Waals surface area (Å²) in [5.74, 6) is 0. The van der Waals surface area contributed by atoms with Crippen LogP contribution in [0.2, 0.25) is 10.0 Å². The number of ether oxygens (including phenoxy) is 1. The van der Waals surface area contributed by atoms with Gasteiger partial charge in [-0.3, -0.25) is 10.1 Å². The normalized spacial score (nSPS) is 15.9. The van der Waals surface area contributed by atoms with E-state index in [-0.39, 0.29) is 16.1 Å². The lowest BCUT2D eigenvalue weighted by Crippen LogP contribution is -2.17. The summed E-state index contributed by atoms with van der Waals surface area (Å²) in [6, 6.07) is 2.79. The van der Waals surface area contributed by atoms with Crippen LogP contribution >= 0.6 is 23.2 Å². The van der Waals surface area contributed by atoms with Crippen molar-refractivity contribution < 1.29 is 9.66 Å². The van der Waals surface area contributed by atoms with Crippen molar-refractivity contribution in [3.8, 4) is 0 Å². The molecule has 1 N–H and O–H groups in total. The third kappa shape index (κ3) is 3.53.